The standard InChI is InChI=1S/C21H17F3N2O2/c1-2-13-11-16(21(22,23)24)4-6-18(13)28-19-5-3-15(12-17(19)20(25)27)14-7-9-26-10-8-14/h3-12H,2H2,1H3,(H2,25,27). The lowest BCUT2D eigenvalue weighted by Gasteiger charge is -2.15. The molecule has 0 aliphatic carbocycles. The van der Waals surface area contributed by atoms with Crippen LogP contribution in [-0.2, 0) is 12.6 Å². The van der Waals surface area contributed by atoms with Gasteiger partial charge in [0.1, 0.15) is 11.5 Å². The number of primary amides is 1. The van der Waals surface area contributed by atoms with Gasteiger partial charge >= 0.3 is 6.18 Å². The van der Waals surface area contributed by atoms with E-state index in [1.807, 2.05) is 0 Å². The fraction of sp³-hybridized carbons (Fsp3) is 0.143. The number of nitrogens with zero attached hydrogens (tertiary/aromatic N) is 1. The largest absolute Gasteiger partial charge is 0.456 e. The quantitative estimate of drug-likeness (QED) is 0.654. The van der Waals surface area contributed by atoms with E-state index in [-0.39, 0.29) is 17.1 Å². The molecule has 0 atom stereocenters. The van der Waals surface area contributed by atoms with Gasteiger partial charge in [0.25, 0.3) is 5.91 Å². The molecule has 1 aromatic heterocycles. The molecule has 0 unspecified atom stereocenters. The first-order valence-corrected chi connectivity index (χ1v) is 8.52. The third-order valence-corrected chi connectivity index (χ3v) is 4.25. The molecule has 2 N–H and O–H groups in total. The zero-order valence-electron chi connectivity index (χ0n) is 15.0. The summed E-state index contributed by atoms with van der Waals surface area (Å²) < 4.78 is 44.6. The predicted octanol–water partition coefficient (Wildman–Crippen LogP) is 5.22. The number of hydrogen-bond donors (Lipinski definition) is 1. The first kappa shape index (κ1) is 19.4. The van der Waals surface area contributed by atoms with Gasteiger partial charge in [0.15, 0.2) is 0 Å². The van der Waals surface area contributed by atoms with Crippen molar-refractivity contribution >= 4 is 5.91 Å². The highest BCUT2D eigenvalue weighted by molar-refractivity contribution is 5.97. The van der Waals surface area contributed by atoms with E-state index < -0.39 is 17.6 Å². The smallest absolute Gasteiger partial charge is 0.416 e. The number of hydrogen-bond acceptors (Lipinski definition) is 3. The van der Waals surface area contributed by atoms with E-state index in [9.17, 15) is 18.0 Å². The fourth-order valence-corrected chi connectivity index (χ4v) is 2.79. The van der Waals surface area contributed by atoms with Crippen molar-refractivity contribution in [1.82, 2.24) is 4.98 Å². The lowest BCUT2D eigenvalue weighted by Crippen LogP contribution is -2.12. The lowest BCUT2D eigenvalue weighted by atomic mass is 10.0. The van der Waals surface area contributed by atoms with E-state index in [4.69, 9.17) is 10.5 Å². The summed E-state index contributed by atoms with van der Waals surface area (Å²) in [6.45, 7) is 1.73. The molecule has 0 saturated heterocycles. The van der Waals surface area contributed by atoms with Gasteiger partial charge in [0.05, 0.1) is 11.1 Å². The molecule has 2 aromatic carbocycles. The molecule has 1 amide bonds. The molecule has 0 radical (unpaired) electrons. The average molecular weight is 386 g/mol. The second kappa shape index (κ2) is 7.72. The third kappa shape index (κ3) is 4.14. The van der Waals surface area contributed by atoms with Gasteiger partial charge in [-0.05, 0) is 65.6 Å². The Bertz CT molecular complexity index is 1000. The van der Waals surface area contributed by atoms with Crippen LogP contribution in [-0.4, -0.2) is 10.9 Å². The molecule has 0 saturated carbocycles. The SMILES string of the molecule is CCc1cc(C(F)(F)F)ccc1Oc1ccc(-c2ccncc2)cc1C(N)=O. The van der Waals surface area contributed by atoms with Gasteiger partial charge in [-0.2, -0.15) is 13.2 Å². The van der Waals surface area contributed by atoms with Crippen LogP contribution in [0.5, 0.6) is 11.5 Å². The molecular weight excluding hydrogens is 369 g/mol. The van der Waals surface area contributed by atoms with Gasteiger partial charge in [-0.15, -0.1) is 0 Å². The van der Waals surface area contributed by atoms with Crippen molar-refractivity contribution in [1.29, 1.82) is 0 Å². The molecule has 0 fully saturated rings. The van der Waals surface area contributed by atoms with Crippen molar-refractivity contribution in [3.8, 4) is 22.6 Å². The second-order valence-electron chi connectivity index (χ2n) is 6.09. The number of aromatic nitrogens is 1. The van der Waals surface area contributed by atoms with Crippen molar-refractivity contribution in [2.24, 2.45) is 5.73 Å². The molecule has 7 heteroatoms. The number of rotatable bonds is 5. The maximum absolute atomic E-state index is 12.9. The minimum Gasteiger partial charge on any atom is -0.456 e. The maximum atomic E-state index is 12.9. The Labute approximate surface area is 159 Å². The number of amides is 1. The molecule has 3 rings (SSSR count). The Morgan fingerprint density at radius 2 is 1.68 bits per heavy atom. The Morgan fingerprint density at radius 1 is 1.00 bits per heavy atom. The summed E-state index contributed by atoms with van der Waals surface area (Å²) >= 11 is 0. The van der Waals surface area contributed by atoms with Crippen LogP contribution < -0.4 is 10.5 Å². The van der Waals surface area contributed by atoms with Crippen molar-refractivity contribution in [3.63, 3.8) is 0 Å². The van der Waals surface area contributed by atoms with E-state index in [1.165, 1.54) is 6.07 Å². The number of nitrogens with two attached hydrogens (primary N) is 1. The molecular formula is C21H17F3N2O2. The lowest BCUT2D eigenvalue weighted by molar-refractivity contribution is -0.137. The van der Waals surface area contributed by atoms with Crippen LogP contribution in [0.25, 0.3) is 11.1 Å². The number of aryl methyl sites for hydroxylation is 1. The Hall–Kier alpha value is -3.35. The van der Waals surface area contributed by atoms with Gasteiger partial charge in [0, 0.05) is 12.4 Å². The molecule has 0 aliphatic heterocycles. The van der Waals surface area contributed by atoms with E-state index in [0.29, 0.717) is 12.0 Å². The Balaban J connectivity index is 1.99. The van der Waals surface area contributed by atoms with Gasteiger partial charge in [-0.3, -0.25) is 9.78 Å². The molecule has 0 aliphatic rings. The minimum absolute atomic E-state index is 0.135. The van der Waals surface area contributed by atoms with Crippen LogP contribution in [0.2, 0.25) is 0 Å². The summed E-state index contributed by atoms with van der Waals surface area (Å²) in [5.74, 6) is -0.273. The third-order valence-electron chi connectivity index (χ3n) is 4.25. The monoisotopic (exact) mass is 386 g/mol. The summed E-state index contributed by atoms with van der Waals surface area (Å²) in [4.78, 5) is 15.9. The average Bonchev–Trinajstić information content (AvgIpc) is 2.68. The molecule has 144 valence electrons. The number of ether oxygens (including phenoxy) is 1. The normalized spacial score (nSPS) is 11.3. The van der Waals surface area contributed by atoms with Crippen molar-refractivity contribution in [3.05, 3.63) is 77.6 Å². The topological polar surface area (TPSA) is 65.2 Å². The minimum atomic E-state index is -4.44. The summed E-state index contributed by atoms with van der Waals surface area (Å²) in [6, 6.07) is 11.7. The second-order valence-corrected chi connectivity index (χ2v) is 6.09. The van der Waals surface area contributed by atoms with E-state index in [0.717, 1.165) is 23.3 Å². The number of carbonyl (C=O) groups is 1. The summed E-state index contributed by atoms with van der Waals surface area (Å²) in [5, 5.41) is 0. The Kier molecular flexibility index (Phi) is 5.35. The molecule has 1 heterocycles. The first-order chi connectivity index (χ1) is 13.3. The summed E-state index contributed by atoms with van der Waals surface area (Å²) in [7, 11) is 0. The van der Waals surface area contributed by atoms with Crippen LogP contribution >= 0.6 is 0 Å². The molecule has 4 nitrogen and oxygen atoms in total. The van der Waals surface area contributed by atoms with Crippen molar-refractivity contribution in [2.75, 3.05) is 0 Å². The number of benzene rings is 2. The van der Waals surface area contributed by atoms with Gasteiger partial charge < -0.3 is 10.5 Å². The zero-order chi connectivity index (χ0) is 20.3. The summed E-state index contributed by atoms with van der Waals surface area (Å²) in [5.41, 5.74) is 6.83. The van der Waals surface area contributed by atoms with Gasteiger partial charge in [0.2, 0.25) is 0 Å². The van der Waals surface area contributed by atoms with E-state index >= 15 is 0 Å². The van der Waals surface area contributed by atoms with Crippen LogP contribution in [0.1, 0.15) is 28.4 Å². The van der Waals surface area contributed by atoms with Crippen LogP contribution in [0, 0.1) is 0 Å². The number of carbonyl (C=O) groups excluding carboxylic acids is 1. The maximum Gasteiger partial charge on any atom is 0.416 e. The fourth-order valence-electron chi connectivity index (χ4n) is 2.79. The Morgan fingerprint density at radius 3 is 2.29 bits per heavy atom. The summed E-state index contributed by atoms with van der Waals surface area (Å²) in [6.07, 6.45) is -0.855. The molecule has 28 heavy (non-hydrogen) atoms. The first-order valence-electron chi connectivity index (χ1n) is 8.52. The van der Waals surface area contributed by atoms with Crippen molar-refractivity contribution < 1.29 is 22.7 Å². The van der Waals surface area contributed by atoms with E-state index in [1.54, 1.807) is 49.6 Å². The van der Waals surface area contributed by atoms with E-state index in [2.05, 4.69) is 4.98 Å². The van der Waals surface area contributed by atoms with Crippen molar-refractivity contribution in [2.45, 2.75) is 19.5 Å². The van der Waals surface area contributed by atoms with Crippen LogP contribution in [0.15, 0.2) is 60.9 Å². The highest BCUT2D eigenvalue weighted by Crippen LogP contribution is 2.36. The van der Waals surface area contributed by atoms with Gasteiger partial charge in [-0.1, -0.05) is 13.0 Å². The predicted molar refractivity (Wildman–Crippen MR) is 99.1 cm³/mol. The molecule has 0 spiro atoms. The van der Waals surface area contributed by atoms with Gasteiger partial charge in [-0.25, -0.2) is 0 Å². The number of pyridine rings is 1. The molecule has 0 bridgehead atoms. The van der Waals surface area contributed by atoms with Crippen LogP contribution in [0.3, 0.4) is 0 Å². The number of alkyl halides is 3. The van der Waals surface area contributed by atoms with Crippen LogP contribution in [0.4, 0.5) is 13.2 Å². The molecule has 3 aromatic rings. The number of halogens is 3. The zero-order valence-corrected chi connectivity index (χ0v) is 15.0. The highest BCUT2D eigenvalue weighted by atomic mass is 19.4. The highest BCUT2D eigenvalue weighted by Gasteiger charge is 2.31.